The van der Waals surface area contributed by atoms with Crippen molar-refractivity contribution >= 4 is 11.8 Å². The second kappa shape index (κ2) is 8.15. The maximum atomic E-state index is 12.7. The first-order chi connectivity index (χ1) is 13.2. The molecule has 2 fully saturated rings. The van der Waals surface area contributed by atoms with Crippen LogP contribution in [0.3, 0.4) is 0 Å². The van der Waals surface area contributed by atoms with Crippen LogP contribution in [-0.4, -0.2) is 53.4 Å². The van der Waals surface area contributed by atoms with Gasteiger partial charge in [-0.3, -0.25) is 9.59 Å². The van der Waals surface area contributed by atoms with Gasteiger partial charge in [-0.1, -0.05) is 29.8 Å². The Morgan fingerprint density at radius 2 is 2.00 bits per heavy atom. The van der Waals surface area contributed by atoms with Gasteiger partial charge in [0.15, 0.2) is 0 Å². The van der Waals surface area contributed by atoms with Crippen LogP contribution >= 0.6 is 0 Å². The summed E-state index contributed by atoms with van der Waals surface area (Å²) in [6, 6.07) is 9.80. The summed E-state index contributed by atoms with van der Waals surface area (Å²) >= 11 is 0. The van der Waals surface area contributed by atoms with E-state index in [9.17, 15) is 9.59 Å². The zero-order valence-electron chi connectivity index (χ0n) is 15.8. The SMILES string of the molecule is O=C(CCOc1ccccc1)N1CC[C@H]2[C@@H]1CC(=O)N2CC1=CCCCC1. The average Bonchev–Trinajstić information content (AvgIpc) is 3.23. The Hall–Kier alpha value is -2.30. The van der Waals surface area contributed by atoms with Gasteiger partial charge in [0.05, 0.1) is 25.1 Å². The Balaban J connectivity index is 1.31. The van der Waals surface area contributed by atoms with Crippen LogP contribution in [0.25, 0.3) is 0 Å². The normalized spacial score (nSPS) is 24.7. The van der Waals surface area contributed by atoms with Gasteiger partial charge in [-0.25, -0.2) is 0 Å². The Kier molecular flexibility index (Phi) is 5.46. The molecule has 2 atom stereocenters. The number of hydrogen-bond donors (Lipinski definition) is 0. The first-order valence-electron chi connectivity index (χ1n) is 10.2. The number of benzene rings is 1. The van der Waals surface area contributed by atoms with E-state index in [1.165, 1.54) is 18.4 Å². The topological polar surface area (TPSA) is 49.9 Å². The minimum atomic E-state index is 0.0471. The summed E-state index contributed by atoms with van der Waals surface area (Å²) in [6.07, 6.45) is 8.78. The Labute approximate surface area is 161 Å². The smallest absolute Gasteiger partial charge is 0.226 e. The van der Waals surface area contributed by atoms with Crippen LogP contribution in [0, 0.1) is 0 Å². The summed E-state index contributed by atoms with van der Waals surface area (Å²) in [4.78, 5) is 29.2. The van der Waals surface area contributed by atoms with E-state index in [0.717, 1.165) is 38.1 Å². The summed E-state index contributed by atoms with van der Waals surface area (Å²) in [5.41, 5.74) is 1.40. The highest BCUT2D eigenvalue weighted by molar-refractivity contribution is 5.84. The molecule has 1 aliphatic carbocycles. The number of para-hydroxylation sites is 1. The van der Waals surface area contributed by atoms with Gasteiger partial charge in [0.2, 0.25) is 11.8 Å². The van der Waals surface area contributed by atoms with E-state index < -0.39 is 0 Å². The zero-order chi connectivity index (χ0) is 18.6. The van der Waals surface area contributed by atoms with E-state index in [-0.39, 0.29) is 23.9 Å². The molecule has 0 bridgehead atoms. The van der Waals surface area contributed by atoms with Crippen molar-refractivity contribution in [3.05, 3.63) is 42.0 Å². The molecule has 1 aromatic rings. The Morgan fingerprint density at radius 3 is 2.78 bits per heavy atom. The van der Waals surface area contributed by atoms with Gasteiger partial charge in [-0.05, 0) is 44.2 Å². The molecular formula is C22H28N2O3. The van der Waals surface area contributed by atoms with Gasteiger partial charge in [0.1, 0.15) is 5.75 Å². The molecule has 0 unspecified atom stereocenters. The molecule has 0 saturated carbocycles. The van der Waals surface area contributed by atoms with Crippen molar-refractivity contribution in [3.63, 3.8) is 0 Å². The van der Waals surface area contributed by atoms with Crippen LogP contribution in [0.1, 0.15) is 44.9 Å². The maximum absolute atomic E-state index is 12.7. The predicted octanol–water partition coefficient (Wildman–Crippen LogP) is 3.16. The molecular weight excluding hydrogens is 340 g/mol. The van der Waals surface area contributed by atoms with E-state index in [2.05, 4.69) is 6.08 Å². The lowest BCUT2D eigenvalue weighted by molar-refractivity contribution is -0.132. The zero-order valence-corrected chi connectivity index (χ0v) is 15.8. The number of nitrogens with zero attached hydrogens (tertiary/aromatic N) is 2. The second-order valence-corrected chi connectivity index (χ2v) is 7.76. The van der Waals surface area contributed by atoms with Crippen molar-refractivity contribution in [2.24, 2.45) is 0 Å². The fourth-order valence-electron chi connectivity index (χ4n) is 4.63. The number of carbonyl (C=O) groups is 2. The molecule has 2 aliphatic heterocycles. The van der Waals surface area contributed by atoms with Gasteiger partial charge >= 0.3 is 0 Å². The standard InChI is InChI=1S/C22H28N2O3/c25-21(12-14-27-18-9-5-2-6-10-18)23-13-11-19-20(23)15-22(26)24(19)16-17-7-3-1-4-8-17/h2,5-7,9-10,19-20H,1,3-4,8,11-16H2/t19-,20-/m0/s1. The lowest BCUT2D eigenvalue weighted by Gasteiger charge is -2.27. The van der Waals surface area contributed by atoms with Crippen molar-refractivity contribution in [2.45, 2.75) is 57.0 Å². The number of fused-ring (bicyclic) bond motifs is 1. The van der Waals surface area contributed by atoms with Crippen LogP contribution in [0.5, 0.6) is 5.75 Å². The summed E-state index contributed by atoms with van der Waals surface area (Å²) in [6.45, 7) is 1.89. The van der Waals surface area contributed by atoms with Crippen molar-refractivity contribution in [3.8, 4) is 5.75 Å². The van der Waals surface area contributed by atoms with E-state index in [1.54, 1.807) is 0 Å². The predicted molar refractivity (Wildman–Crippen MR) is 103 cm³/mol. The molecule has 2 saturated heterocycles. The van der Waals surface area contributed by atoms with Crippen molar-refractivity contribution in [2.75, 3.05) is 19.7 Å². The molecule has 5 heteroatoms. The van der Waals surface area contributed by atoms with Gasteiger partial charge in [0.25, 0.3) is 0 Å². The number of carbonyl (C=O) groups excluding carboxylic acids is 2. The third kappa shape index (κ3) is 4.02. The van der Waals surface area contributed by atoms with Crippen molar-refractivity contribution < 1.29 is 14.3 Å². The number of likely N-dealkylation sites (tertiary alicyclic amines) is 2. The Morgan fingerprint density at radius 1 is 1.15 bits per heavy atom. The van der Waals surface area contributed by atoms with Gasteiger partial charge in [0, 0.05) is 19.5 Å². The largest absolute Gasteiger partial charge is 0.493 e. The van der Waals surface area contributed by atoms with Crippen LogP contribution in [0.4, 0.5) is 0 Å². The van der Waals surface area contributed by atoms with Crippen LogP contribution in [-0.2, 0) is 9.59 Å². The summed E-state index contributed by atoms with van der Waals surface area (Å²) in [5, 5.41) is 0. The highest BCUT2D eigenvalue weighted by atomic mass is 16.5. The molecule has 5 nitrogen and oxygen atoms in total. The summed E-state index contributed by atoms with van der Waals surface area (Å²) in [7, 11) is 0. The Bertz CT molecular complexity index is 716. The molecule has 0 spiro atoms. The minimum Gasteiger partial charge on any atom is -0.493 e. The lowest BCUT2D eigenvalue weighted by atomic mass is 9.99. The minimum absolute atomic E-state index is 0.0471. The number of rotatable bonds is 6. The van der Waals surface area contributed by atoms with E-state index in [4.69, 9.17) is 4.74 Å². The molecule has 27 heavy (non-hydrogen) atoms. The van der Waals surface area contributed by atoms with Crippen molar-refractivity contribution in [1.82, 2.24) is 9.80 Å². The lowest BCUT2D eigenvalue weighted by Crippen LogP contribution is -2.40. The van der Waals surface area contributed by atoms with E-state index >= 15 is 0 Å². The van der Waals surface area contributed by atoms with Crippen LogP contribution < -0.4 is 4.74 Å². The van der Waals surface area contributed by atoms with Crippen molar-refractivity contribution in [1.29, 1.82) is 0 Å². The summed E-state index contributed by atoms with van der Waals surface area (Å²) < 4.78 is 5.66. The molecule has 0 radical (unpaired) electrons. The molecule has 3 aliphatic rings. The first-order valence-corrected chi connectivity index (χ1v) is 10.2. The number of allylic oxidation sites excluding steroid dienone is 1. The van der Waals surface area contributed by atoms with Crippen LogP contribution in [0.2, 0.25) is 0 Å². The van der Waals surface area contributed by atoms with Crippen LogP contribution in [0.15, 0.2) is 42.0 Å². The quantitative estimate of drug-likeness (QED) is 0.725. The molecule has 1 aromatic carbocycles. The second-order valence-electron chi connectivity index (χ2n) is 7.76. The molecule has 144 valence electrons. The molecule has 2 amide bonds. The fraction of sp³-hybridized carbons (Fsp3) is 0.545. The number of amides is 2. The molecule has 2 heterocycles. The van der Waals surface area contributed by atoms with Gasteiger partial charge in [-0.2, -0.15) is 0 Å². The average molecular weight is 368 g/mol. The van der Waals surface area contributed by atoms with Gasteiger partial charge < -0.3 is 14.5 Å². The fourth-order valence-corrected chi connectivity index (χ4v) is 4.63. The maximum Gasteiger partial charge on any atom is 0.226 e. The molecule has 4 rings (SSSR count). The number of hydrogen-bond acceptors (Lipinski definition) is 3. The third-order valence-electron chi connectivity index (χ3n) is 6.02. The number of ether oxygens (including phenoxy) is 1. The van der Waals surface area contributed by atoms with Gasteiger partial charge in [-0.15, -0.1) is 0 Å². The summed E-state index contributed by atoms with van der Waals surface area (Å²) in [5.74, 6) is 1.09. The third-order valence-corrected chi connectivity index (χ3v) is 6.02. The van der Waals surface area contributed by atoms with E-state index in [0.29, 0.717) is 19.4 Å². The first kappa shape index (κ1) is 18.1. The molecule has 0 N–H and O–H groups in total. The van der Waals surface area contributed by atoms with E-state index in [1.807, 2.05) is 40.1 Å². The highest BCUT2D eigenvalue weighted by Gasteiger charge is 2.48. The highest BCUT2D eigenvalue weighted by Crippen LogP contribution is 2.34. The monoisotopic (exact) mass is 368 g/mol. The molecule has 0 aromatic heterocycles.